The summed E-state index contributed by atoms with van der Waals surface area (Å²) in [7, 11) is 0. The minimum Gasteiger partial charge on any atom is -0.396 e. The smallest absolute Gasteiger partial charge is 0.222 e. The van der Waals surface area contributed by atoms with Gasteiger partial charge in [-0.1, -0.05) is 12.1 Å². The monoisotopic (exact) mass is 348 g/mol. The molecule has 1 aliphatic heterocycles. The summed E-state index contributed by atoms with van der Waals surface area (Å²) in [5.41, 5.74) is 1.02. The number of hydrogen-bond donors (Lipinski definition) is 1. The van der Waals surface area contributed by atoms with Gasteiger partial charge in [0, 0.05) is 39.1 Å². The van der Waals surface area contributed by atoms with E-state index in [1.165, 1.54) is 4.70 Å². The fourth-order valence-corrected chi connectivity index (χ4v) is 3.95. The Hall–Kier alpha value is -1.50. The molecule has 2 heterocycles. The molecular weight excluding hydrogens is 324 g/mol. The molecule has 1 aromatic heterocycles. The van der Waals surface area contributed by atoms with E-state index in [2.05, 4.69) is 11.1 Å². The fourth-order valence-electron chi connectivity index (χ4n) is 2.99. The van der Waals surface area contributed by atoms with E-state index >= 15 is 0 Å². The summed E-state index contributed by atoms with van der Waals surface area (Å²) in [5, 5.41) is 9.81. The number of benzene rings is 1. The van der Waals surface area contributed by atoms with Gasteiger partial charge in [-0.3, -0.25) is 4.79 Å². The minimum atomic E-state index is 0.170. The predicted octanol–water partition coefficient (Wildman–Crippen LogP) is 2.62. The molecule has 6 heteroatoms. The number of carbonyl (C=O) groups excluding carboxylic acids is 1. The number of likely N-dealkylation sites (tertiary alicyclic amines) is 1. The van der Waals surface area contributed by atoms with Crippen molar-refractivity contribution in [2.75, 3.05) is 26.3 Å². The van der Waals surface area contributed by atoms with Crippen LogP contribution in [0.4, 0.5) is 0 Å². The lowest BCUT2D eigenvalue weighted by Crippen LogP contribution is -2.41. The number of carbonyl (C=O) groups is 1. The number of rotatable bonds is 7. The molecule has 0 radical (unpaired) electrons. The van der Waals surface area contributed by atoms with Crippen LogP contribution in [0.1, 0.15) is 30.7 Å². The van der Waals surface area contributed by atoms with Gasteiger partial charge in [0.2, 0.25) is 5.91 Å². The third kappa shape index (κ3) is 4.53. The Kier molecular flexibility index (Phi) is 6.18. The summed E-state index contributed by atoms with van der Waals surface area (Å²) in [4.78, 5) is 18.9. The Labute approximate surface area is 146 Å². The average molecular weight is 348 g/mol. The Bertz CT molecular complexity index is 632. The first-order valence-electron chi connectivity index (χ1n) is 8.61. The van der Waals surface area contributed by atoms with Gasteiger partial charge in [0.05, 0.1) is 21.3 Å². The number of aliphatic hydroxyl groups excluding tert-OH is 1. The maximum atomic E-state index is 12.4. The van der Waals surface area contributed by atoms with Crippen molar-refractivity contribution in [2.24, 2.45) is 0 Å². The second-order valence-electron chi connectivity index (χ2n) is 6.10. The van der Waals surface area contributed by atoms with Crippen molar-refractivity contribution < 1.29 is 14.6 Å². The summed E-state index contributed by atoms with van der Waals surface area (Å²) in [5.74, 6) is 0.211. The van der Waals surface area contributed by atoms with Crippen LogP contribution in [0, 0.1) is 0 Å². The molecule has 0 saturated carbocycles. The number of hydrogen-bond acceptors (Lipinski definition) is 5. The van der Waals surface area contributed by atoms with Crippen LogP contribution in [-0.4, -0.2) is 53.3 Å². The van der Waals surface area contributed by atoms with Crippen LogP contribution in [0.15, 0.2) is 24.3 Å². The van der Waals surface area contributed by atoms with Crippen molar-refractivity contribution in [1.29, 1.82) is 0 Å². The normalized spacial score (nSPS) is 16.0. The molecule has 1 fully saturated rings. The first-order chi connectivity index (χ1) is 11.8. The highest BCUT2D eigenvalue weighted by atomic mass is 32.1. The van der Waals surface area contributed by atoms with Gasteiger partial charge < -0.3 is 14.7 Å². The third-order valence-corrected chi connectivity index (χ3v) is 5.44. The number of para-hydroxylation sites is 1. The number of amides is 1. The van der Waals surface area contributed by atoms with E-state index in [0.717, 1.165) is 36.5 Å². The maximum absolute atomic E-state index is 12.4. The van der Waals surface area contributed by atoms with Crippen molar-refractivity contribution in [3.8, 4) is 0 Å². The summed E-state index contributed by atoms with van der Waals surface area (Å²) >= 11 is 1.68. The average Bonchev–Trinajstić information content (AvgIpc) is 3.03. The van der Waals surface area contributed by atoms with E-state index in [9.17, 15) is 4.79 Å². The van der Waals surface area contributed by atoms with Crippen LogP contribution >= 0.6 is 11.3 Å². The lowest BCUT2D eigenvalue weighted by atomic mass is 10.1. The zero-order chi connectivity index (χ0) is 16.8. The molecule has 5 nitrogen and oxygen atoms in total. The highest BCUT2D eigenvalue weighted by Crippen LogP contribution is 2.23. The van der Waals surface area contributed by atoms with Gasteiger partial charge >= 0.3 is 0 Å². The molecule has 0 bridgehead atoms. The van der Waals surface area contributed by atoms with Gasteiger partial charge in [0.15, 0.2) is 0 Å². The zero-order valence-corrected chi connectivity index (χ0v) is 14.6. The number of ether oxygens (including phenoxy) is 1. The van der Waals surface area contributed by atoms with E-state index in [1.807, 2.05) is 23.1 Å². The fraction of sp³-hybridized carbons (Fsp3) is 0.556. The van der Waals surface area contributed by atoms with E-state index in [0.29, 0.717) is 25.9 Å². The Morgan fingerprint density at radius 1 is 1.33 bits per heavy atom. The van der Waals surface area contributed by atoms with E-state index in [4.69, 9.17) is 9.84 Å². The Morgan fingerprint density at radius 3 is 2.88 bits per heavy atom. The molecule has 2 aromatic rings. The van der Waals surface area contributed by atoms with Crippen molar-refractivity contribution in [1.82, 2.24) is 9.88 Å². The van der Waals surface area contributed by atoms with Gasteiger partial charge in [-0.15, -0.1) is 11.3 Å². The number of aromatic nitrogens is 1. The standard InChI is InChI=1S/C18H24N2O3S/c21-12-3-13-23-14-8-10-20(11-9-14)18(22)7-6-17-19-15-4-1-2-5-16(15)24-17/h1-2,4-5,14,21H,3,6-13H2. The van der Waals surface area contributed by atoms with Crippen LogP contribution in [0.5, 0.6) is 0 Å². The molecule has 1 aliphatic rings. The maximum Gasteiger partial charge on any atom is 0.222 e. The Morgan fingerprint density at radius 2 is 2.12 bits per heavy atom. The molecular formula is C18H24N2O3S. The number of nitrogens with zero attached hydrogens (tertiary/aromatic N) is 2. The van der Waals surface area contributed by atoms with E-state index < -0.39 is 0 Å². The van der Waals surface area contributed by atoms with Gasteiger partial charge in [-0.2, -0.15) is 0 Å². The number of aryl methyl sites for hydroxylation is 1. The van der Waals surface area contributed by atoms with Gasteiger partial charge in [-0.25, -0.2) is 4.98 Å². The third-order valence-electron chi connectivity index (χ3n) is 4.34. The molecule has 1 aromatic carbocycles. The second-order valence-corrected chi connectivity index (χ2v) is 7.22. The van der Waals surface area contributed by atoms with Crippen LogP contribution in [0.2, 0.25) is 0 Å². The van der Waals surface area contributed by atoms with Gasteiger partial charge in [-0.05, 0) is 31.4 Å². The highest BCUT2D eigenvalue weighted by Gasteiger charge is 2.23. The molecule has 1 amide bonds. The van der Waals surface area contributed by atoms with E-state index in [-0.39, 0.29) is 18.6 Å². The molecule has 0 spiro atoms. The van der Waals surface area contributed by atoms with Crippen LogP contribution in [0.25, 0.3) is 10.2 Å². The molecule has 130 valence electrons. The number of aliphatic hydroxyl groups is 1. The minimum absolute atomic E-state index is 0.170. The second kappa shape index (κ2) is 8.55. The summed E-state index contributed by atoms with van der Waals surface area (Å²) < 4.78 is 6.89. The van der Waals surface area contributed by atoms with E-state index in [1.54, 1.807) is 11.3 Å². The first kappa shape index (κ1) is 17.3. The predicted molar refractivity (Wildman–Crippen MR) is 95.2 cm³/mol. The van der Waals surface area contributed by atoms with Crippen LogP contribution in [0.3, 0.4) is 0 Å². The molecule has 24 heavy (non-hydrogen) atoms. The molecule has 0 aliphatic carbocycles. The van der Waals surface area contributed by atoms with Gasteiger partial charge in [0.25, 0.3) is 0 Å². The first-order valence-corrected chi connectivity index (χ1v) is 9.42. The Balaban J connectivity index is 1.42. The summed E-state index contributed by atoms with van der Waals surface area (Å²) in [6.07, 6.45) is 3.92. The lowest BCUT2D eigenvalue weighted by Gasteiger charge is -2.32. The van der Waals surface area contributed by atoms with Crippen molar-refractivity contribution in [2.45, 2.75) is 38.2 Å². The van der Waals surface area contributed by atoms with Crippen molar-refractivity contribution in [3.63, 3.8) is 0 Å². The number of piperidine rings is 1. The number of fused-ring (bicyclic) bond motifs is 1. The van der Waals surface area contributed by atoms with Crippen molar-refractivity contribution >= 4 is 27.5 Å². The lowest BCUT2D eigenvalue weighted by molar-refractivity contribution is -0.133. The summed E-state index contributed by atoms with van der Waals surface area (Å²) in [6.45, 7) is 2.31. The molecule has 0 atom stereocenters. The molecule has 0 unspecified atom stereocenters. The molecule has 3 rings (SSSR count). The van der Waals surface area contributed by atoms with Crippen molar-refractivity contribution in [3.05, 3.63) is 29.3 Å². The van der Waals surface area contributed by atoms with Crippen LogP contribution in [-0.2, 0) is 16.0 Å². The largest absolute Gasteiger partial charge is 0.396 e. The number of thiazole rings is 1. The summed E-state index contributed by atoms with van der Waals surface area (Å²) in [6, 6.07) is 8.09. The molecule has 1 N–H and O–H groups in total. The quantitative estimate of drug-likeness (QED) is 0.781. The molecule has 1 saturated heterocycles. The zero-order valence-electron chi connectivity index (χ0n) is 13.8. The van der Waals surface area contributed by atoms with Crippen LogP contribution < -0.4 is 0 Å². The SMILES string of the molecule is O=C(CCc1nc2ccccc2s1)N1CCC(OCCCO)CC1. The highest BCUT2D eigenvalue weighted by molar-refractivity contribution is 7.18. The van der Waals surface area contributed by atoms with Gasteiger partial charge in [0.1, 0.15) is 0 Å². The topological polar surface area (TPSA) is 62.7 Å².